The van der Waals surface area contributed by atoms with Crippen molar-refractivity contribution in [3.05, 3.63) is 35.7 Å². The molecule has 0 bridgehead atoms. The summed E-state index contributed by atoms with van der Waals surface area (Å²) in [7, 11) is 4.07. The van der Waals surface area contributed by atoms with E-state index in [1.165, 1.54) is 5.56 Å². The highest BCUT2D eigenvalue weighted by Crippen LogP contribution is 2.17. The Morgan fingerprint density at radius 1 is 1.38 bits per heavy atom. The van der Waals surface area contributed by atoms with Gasteiger partial charge >= 0.3 is 0 Å². The van der Waals surface area contributed by atoms with Crippen LogP contribution in [-0.4, -0.2) is 47.6 Å². The van der Waals surface area contributed by atoms with E-state index in [9.17, 15) is 4.79 Å². The minimum atomic E-state index is -0.100. The number of rotatable bonds is 6. The zero-order chi connectivity index (χ0) is 16.9. The molecular formula is C17H23N5O2. The number of carbonyl (C=O) groups excluding carboxylic acids is 1. The fourth-order valence-electron chi connectivity index (χ4n) is 2.76. The maximum atomic E-state index is 12.0. The van der Waals surface area contributed by atoms with Crippen molar-refractivity contribution < 1.29 is 9.32 Å². The standard InChI is InChI=1S/C17H23N5O2/c1-22(2)11-12-5-7-13(8-6-12)16-20-15(24-21-16)10-19-17(23)14-4-3-9-18-14/h5-8,14,18H,3-4,9-11H2,1-2H3,(H,19,23). The molecule has 1 unspecified atom stereocenters. The van der Waals surface area contributed by atoms with E-state index in [2.05, 4.69) is 37.8 Å². The Morgan fingerprint density at radius 3 is 2.83 bits per heavy atom. The Bertz CT molecular complexity index is 675. The Labute approximate surface area is 141 Å². The van der Waals surface area contributed by atoms with Gasteiger partial charge in [0, 0.05) is 12.1 Å². The highest BCUT2D eigenvalue weighted by molar-refractivity contribution is 5.81. The monoisotopic (exact) mass is 329 g/mol. The quantitative estimate of drug-likeness (QED) is 0.828. The lowest BCUT2D eigenvalue weighted by molar-refractivity contribution is -0.123. The number of amides is 1. The third-order valence-electron chi connectivity index (χ3n) is 3.97. The minimum absolute atomic E-state index is 0.0136. The molecule has 1 saturated heterocycles. The molecule has 1 atom stereocenters. The second-order valence-corrected chi connectivity index (χ2v) is 6.31. The van der Waals surface area contributed by atoms with Gasteiger partial charge in [-0.15, -0.1) is 0 Å². The van der Waals surface area contributed by atoms with Gasteiger partial charge in [0.25, 0.3) is 0 Å². The van der Waals surface area contributed by atoms with Crippen molar-refractivity contribution in [2.24, 2.45) is 0 Å². The molecule has 0 saturated carbocycles. The van der Waals surface area contributed by atoms with Crippen LogP contribution in [-0.2, 0) is 17.9 Å². The van der Waals surface area contributed by atoms with Gasteiger partial charge in [-0.3, -0.25) is 4.79 Å². The summed E-state index contributed by atoms with van der Waals surface area (Å²) >= 11 is 0. The largest absolute Gasteiger partial charge is 0.346 e. The summed E-state index contributed by atoms with van der Waals surface area (Å²) in [6, 6.07) is 7.97. The van der Waals surface area contributed by atoms with Gasteiger partial charge in [-0.05, 0) is 39.0 Å². The lowest BCUT2D eigenvalue weighted by atomic mass is 10.1. The second-order valence-electron chi connectivity index (χ2n) is 6.31. The van der Waals surface area contributed by atoms with E-state index in [-0.39, 0.29) is 18.5 Å². The van der Waals surface area contributed by atoms with Gasteiger partial charge in [0.05, 0.1) is 12.6 Å². The maximum Gasteiger partial charge on any atom is 0.246 e. The molecule has 2 N–H and O–H groups in total. The van der Waals surface area contributed by atoms with E-state index < -0.39 is 0 Å². The zero-order valence-electron chi connectivity index (χ0n) is 14.1. The first kappa shape index (κ1) is 16.6. The Hall–Kier alpha value is -2.25. The number of hydrogen-bond acceptors (Lipinski definition) is 6. The lowest BCUT2D eigenvalue weighted by Crippen LogP contribution is -2.40. The van der Waals surface area contributed by atoms with Gasteiger partial charge in [-0.2, -0.15) is 4.98 Å². The molecule has 24 heavy (non-hydrogen) atoms. The third-order valence-corrected chi connectivity index (χ3v) is 3.97. The summed E-state index contributed by atoms with van der Waals surface area (Å²) in [6.07, 6.45) is 1.91. The number of nitrogens with zero attached hydrogens (tertiary/aromatic N) is 3. The van der Waals surface area contributed by atoms with Crippen LogP contribution in [0.5, 0.6) is 0 Å². The predicted molar refractivity (Wildman–Crippen MR) is 90.0 cm³/mol. The van der Waals surface area contributed by atoms with Crippen LogP contribution >= 0.6 is 0 Å². The van der Waals surface area contributed by atoms with Crippen molar-refractivity contribution in [2.45, 2.75) is 32.0 Å². The van der Waals surface area contributed by atoms with E-state index in [0.717, 1.165) is 31.5 Å². The normalized spacial score (nSPS) is 17.4. The summed E-state index contributed by atoms with van der Waals surface area (Å²) in [5.74, 6) is 0.934. The molecule has 128 valence electrons. The van der Waals surface area contributed by atoms with Crippen LogP contribution in [0.3, 0.4) is 0 Å². The average molecular weight is 329 g/mol. The fraction of sp³-hybridized carbons (Fsp3) is 0.471. The number of nitrogens with one attached hydrogen (secondary N) is 2. The Balaban J connectivity index is 1.57. The molecule has 1 aromatic carbocycles. The van der Waals surface area contributed by atoms with Gasteiger partial charge in [0.2, 0.25) is 17.6 Å². The molecule has 1 aliphatic heterocycles. The number of benzene rings is 1. The Morgan fingerprint density at radius 2 is 2.17 bits per heavy atom. The average Bonchev–Trinajstić information content (AvgIpc) is 3.25. The molecule has 0 radical (unpaired) electrons. The molecule has 3 rings (SSSR count). The molecule has 0 spiro atoms. The van der Waals surface area contributed by atoms with Crippen molar-refractivity contribution in [1.29, 1.82) is 0 Å². The van der Waals surface area contributed by atoms with E-state index in [0.29, 0.717) is 11.7 Å². The van der Waals surface area contributed by atoms with Crippen LogP contribution in [0.2, 0.25) is 0 Å². The number of aromatic nitrogens is 2. The van der Waals surface area contributed by atoms with Crippen molar-refractivity contribution in [2.75, 3.05) is 20.6 Å². The van der Waals surface area contributed by atoms with E-state index in [1.807, 2.05) is 26.2 Å². The summed E-state index contributed by atoms with van der Waals surface area (Å²) < 4.78 is 5.22. The fourth-order valence-corrected chi connectivity index (χ4v) is 2.76. The molecule has 2 heterocycles. The van der Waals surface area contributed by atoms with Gasteiger partial charge < -0.3 is 20.1 Å². The predicted octanol–water partition coefficient (Wildman–Crippen LogP) is 1.17. The topological polar surface area (TPSA) is 83.3 Å². The molecule has 0 aliphatic carbocycles. The van der Waals surface area contributed by atoms with Gasteiger partial charge in [0.15, 0.2) is 0 Å². The summed E-state index contributed by atoms with van der Waals surface area (Å²) in [6.45, 7) is 2.04. The van der Waals surface area contributed by atoms with E-state index >= 15 is 0 Å². The number of carbonyl (C=O) groups is 1. The van der Waals surface area contributed by atoms with E-state index in [4.69, 9.17) is 4.52 Å². The molecule has 7 nitrogen and oxygen atoms in total. The zero-order valence-corrected chi connectivity index (χ0v) is 14.1. The SMILES string of the molecule is CN(C)Cc1ccc(-c2noc(CNC(=O)C3CCCN3)n2)cc1. The first-order valence-electron chi connectivity index (χ1n) is 8.19. The second kappa shape index (κ2) is 7.55. The minimum Gasteiger partial charge on any atom is -0.346 e. The van der Waals surface area contributed by atoms with Crippen LogP contribution in [0.1, 0.15) is 24.3 Å². The summed E-state index contributed by atoms with van der Waals surface area (Å²) in [4.78, 5) is 18.4. The van der Waals surface area contributed by atoms with Gasteiger partial charge in [-0.1, -0.05) is 29.4 Å². The summed E-state index contributed by atoms with van der Waals surface area (Å²) in [5.41, 5.74) is 2.13. The van der Waals surface area contributed by atoms with Gasteiger partial charge in [0.1, 0.15) is 0 Å². The van der Waals surface area contributed by atoms with Crippen LogP contribution in [0.4, 0.5) is 0 Å². The Kier molecular flexibility index (Phi) is 5.22. The highest BCUT2D eigenvalue weighted by atomic mass is 16.5. The molecule has 1 fully saturated rings. The van der Waals surface area contributed by atoms with Crippen molar-refractivity contribution in [3.8, 4) is 11.4 Å². The summed E-state index contributed by atoms with van der Waals surface area (Å²) in [5, 5.41) is 9.98. The molecule has 2 aromatic rings. The molecule has 1 amide bonds. The van der Waals surface area contributed by atoms with Crippen molar-refractivity contribution in [3.63, 3.8) is 0 Å². The molecule has 1 aromatic heterocycles. The lowest BCUT2D eigenvalue weighted by Gasteiger charge is -2.09. The molecule has 1 aliphatic rings. The maximum absolute atomic E-state index is 12.0. The first-order chi connectivity index (χ1) is 11.6. The highest BCUT2D eigenvalue weighted by Gasteiger charge is 2.22. The van der Waals surface area contributed by atoms with Crippen molar-refractivity contribution >= 4 is 5.91 Å². The van der Waals surface area contributed by atoms with Gasteiger partial charge in [-0.25, -0.2) is 0 Å². The van der Waals surface area contributed by atoms with E-state index in [1.54, 1.807) is 0 Å². The third kappa shape index (κ3) is 4.18. The smallest absolute Gasteiger partial charge is 0.246 e. The van der Waals surface area contributed by atoms with Crippen LogP contribution in [0.15, 0.2) is 28.8 Å². The van der Waals surface area contributed by atoms with Crippen molar-refractivity contribution in [1.82, 2.24) is 25.7 Å². The molecule has 7 heteroatoms. The first-order valence-corrected chi connectivity index (χ1v) is 8.19. The van der Waals surface area contributed by atoms with Crippen LogP contribution in [0, 0.1) is 0 Å². The van der Waals surface area contributed by atoms with Crippen LogP contribution in [0.25, 0.3) is 11.4 Å². The van der Waals surface area contributed by atoms with Crippen LogP contribution < -0.4 is 10.6 Å². The molecular weight excluding hydrogens is 306 g/mol. The number of hydrogen-bond donors (Lipinski definition) is 2.